The van der Waals surface area contributed by atoms with Crippen LogP contribution in [0.15, 0.2) is 28.7 Å². The Labute approximate surface area is 141 Å². The SMILES string of the molecule is COc1ccc(OC)c(CN(CCO)C(=O)c2cc(C)oc2C)c1. The maximum atomic E-state index is 12.8. The predicted molar refractivity (Wildman–Crippen MR) is 89.6 cm³/mol. The Morgan fingerprint density at radius 2 is 1.96 bits per heavy atom. The molecule has 24 heavy (non-hydrogen) atoms. The van der Waals surface area contributed by atoms with Gasteiger partial charge in [-0.25, -0.2) is 0 Å². The van der Waals surface area contributed by atoms with Crippen LogP contribution in [0, 0.1) is 13.8 Å². The predicted octanol–water partition coefficient (Wildman–Crippen LogP) is 2.55. The van der Waals surface area contributed by atoms with E-state index in [9.17, 15) is 9.90 Å². The van der Waals surface area contributed by atoms with E-state index in [4.69, 9.17) is 13.9 Å². The number of furan rings is 1. The van der Waals surface area contributed by atoms with Gasteiger partial charge in [0.25, 0.3) is 5.91 Å². The number of nitrogens with zero attached hydrogens (tertiary/aromatic N) is 1. The van der Waals surface area contributed by atoms with Crippen molar-refractivity contribution in [1.82, 2.24) is 4.90 Å². The molecule has 130 valence electrons. The standard InChI is InChI=1S/C18H23NO5/c1-12-9-16(13(2)24-12)18(21)19(7-8-20)11-14-10-15(22-3)5-6-17(14)23-4/h5-6,9-10,20H,7-8,11H2,1-4H3. The molecule has 1 aromatic heterocycles. The number of carbonyl (C=O) groups is 1. The number of aryl methyl sites for hydroxylation is 2. The summed E-state index contributed by atoms with van der Waals surface area (Å²) in [6.45, 7) is 3.93. The Morgan fingerprint density at radius 1 is 1.21 bits per heavy atom. The fraction of sp³-hybridized carbons (Fsp3) is 0.389. The molecular formula is C18H23NO5. The molecule has 2 rings (SSSR count). The largest absolute Gasteiger partial charge is 0.497 e. The van der Waals surface area contributed by atoms with Crippen molar-refractivity contribution in [2.75, 3.05) is 27.4 Å². The Hall–Kier alpha value is -2.47. The topological polar surface area (TPSA) is 72.1 Å². The fourth-order valence-electron chi connectivity index (χ4n) is 2.60. The summed E-state index contributed by atoms with van der Waals surface area (Å²) in [6.07, 6.45) is 0. The molecule has 0 saturated carbocycles. The minimum Gasteiger partial charge on any atom is -0.497 e. The van der Waals surface area contributed by atoms with Crippen LogP contribution in [0.3, 0.4) is 0 Å². The molecule has 0 aliphatic carbocycles. The lowest BCUT2D eigenvalue weighted by molar-refractivity contribution is 0.0704. The number of hydrogen-bond acceptors (Lipinski definition) is 5. The van der Waals surface area contributed by atoms with E-state index in [0.29, 0.717) is 35.1 Å². The van der Waals surface area contributed by atoms with E-state index in [1.165, 1.54) is 0 Å². The van der Waals surface area contributed by atoms with Crippen molar-refractivity contribution in [2.45, 2.75) is 20.4 Å². The molecule has 0 aliphatic rings. The van der Waals surface area contributed by atoms with Crippen molar-refractivity contribution < 1.29 is 23.8 Å². The van der Waals surface area contributed by atoms with Gasteiger partial charge in [0.1, 0.15) is 23.0 Å². The lowest BCUT2D eigenvalue weighted by Crippen LogP contribution is -2.33. The van der Waals surface area contributed by atoms with Crippen LogP contribution < -0.4 is 9.47 Å². The van der Waals surface area contributed by atoms with Crippen molar-refractivity contribution in [3.63, 3.8) is 0 Å². The normalized spacial score (nSPS) is 10.5. The van der Waals surface area contributed by atoms with Crippen LogP contribution in [0.4, 0.5) is 0 Å². The molecule has 0 spiro atoms. The summed E-state index contributed by atoms with van der Waals surface area (Å²) >= 11 is 0. The number of aliphatic hydroxyl groups is 1. The van der Waals surface area contributed by atoms with Crippen molar-refractivity contribution in [3.8, 4) is 11.5 Å². The summed E-state index contributed by atoms with van der Waals surface area (Å²) in [6, 6.07) is 7.13. The average molecular weight is 333 g/mol. The monoisotopic (exact) mass is 333 g/mol. The lowest BCUT2D eigenvalue weighted by atomic mass is 10.1. The summed E-state index contributed by atoms with van der Waals surface area (Å²) in [5, 5.41) is 9.34. The first-order valence-electron chi connectivity index (χ1n) is 7.68. The fourth-order valence-corrected chi connectivity index (χ4v) is 2.60. The Morgan fingerprint density at radius 3 is 2.50 bits per heavy atom. The second kappa shape index (κ2) is 7.88. The quantitative estimate of drug-likeness (QED) is 0.843. The molecule has 6 heteroatoms. The molecule has 1 aromatic carbocycles. The molecule has 0 unspecified atom stereocenters. The second-order valence-corrected chi connectivity index (χ2v) is 5.46. The van der Waals surface area contributed by atoms with E-state index in [0.717, 1.165) is 5.56 Å². The molecule has 0 fully saturated rings. The third-order valence-electron chi connectivity index (χ3n) is 3.78. The summed E-state index contributed by atoms with van der Waals surface area (Å²) in [7, 11) is 3.16. The van der Waals surface area contributed by atoms with Crippen molar-refractivity contribution >= 4 is 5.91 Å². The van der Waals surface area contributed by atoms with Crippen LogP contribution in [0.5, 0.6) is 11.5 Å². The summed E-state index contributed by atoms with van der Waals surface area (Å²) < 4.78 is 16.0. The zero-order valence-electron chi connectivity index (χ0n) is 14.5. The number of aliphatic hydroxyl groups excluding tert-OH is 1. The second-order valence-electron chi connectivity index (χ2n) is 5.46. The van der Waals surface area contributed by atoms with Gasteiger partial charge in [0, 0.05) is 18.7 Å². The number of carbonyl (C=O) groups excluding carboxylic acids is 1. The van der Waals surface area contributed by atoms with E-state index in [1.807, 2.05) is 6.07 Å². The highest BCUT2D eigenvalue weighted by Crippen LogP contribution is 2.26. The van der Waals surface area contributed by atoms with E-state index in [2.05, 4.69) is 0 Å². The zero-order valence-corrected chi connectivity index (χ0v) is 14.5. The third kappa shape index (κ3) is 3.89. The van der Waals surface area contributed by atoms with Gasteiger partial charge in [-0.15, -0.1) is 0 Å². The molecule has 1 N–H and O–H groups in total. The highest BCUT2D eigenvalue weighted by atomic mass is 16.5. The third-order valence-corrected chi connectivity index (χ3v) is 3.78. The van der Waals surface area contributed by atoms with Gasteiger partial charge in [-0.3, -0.25) is 4.79 Å². The van der Waals surface area contributed by atoms with Crippen LogP contribution in [0.2, 0.25) is 0 Å². The Balaban J connectivity index is 2.31. The molecule has 6 nitrogen and oxygen atoms in total. The highest BCUT2D eigenvalue weighted by molar-refractivity contribution is 5.95. The first-order valence-corrected chi connectivity index (χ1v) is 7.68. The molecule has 0 radical (unpaired) electrons. The van der Waals surface area contributed by atoms with Crippen LogP contribution in [-0.2, 0) is 6.54 Å². The van der Waals surface area contributed by atoms with Gasteiger partial charge >= 0.3 is 0 Å². The van der Waals surface area contributed by atoms with Crippen LogP contribution in [-0.4, -0.2) is 43.3 Å². The first-order chi connectivity index (χ1) is 11.5. The number of methoxy groups -OCH3 is 2. The van der Waals surface area contributed by atoms with Gasteiger partial charge < -0.3 is 23.9 Å². The van der Waals surface area contributed by atoms with Gasteiger partial charge in [0.05, 0.1) is 26.4 Å². The molecule has 0 atom stereocenters. The van der Waals surface area contributed by atoms with Crippen molar-refractivity contribution in [3.05, 3.63) is 46.9 Å². The minimum atomic E-state index is -0.191. The lowest BCUT2D eigenvalue weighted by Gasteiger charge is -2.23. The summed E-state index contributed by atoms with van der Waals surface area (Å²) in [5.74, 6) is 2.39. The maximum Gasteiger partial charge on any atom is 0.257 e. The maximum absolute atomic E-state index is 12.8. The number of benzene rings is 1. The van der Waals surface area contributed by atoms with Crippen LogP contribution in [0.1, 0.15) is 27.4 Å². The summed E-state index contributed by atoms with van der Waals surface area (Å²) in [4.78, 5) is 14.4. The molecule has 0 saturated heterocycles. The number of rotatable bonds is 7. The first kappa shape index (κ1) is 17.9. The zero-order chi connectivity index (χ0) is 17.7. The van der Waals surface area contributed by atoms with Crippen LogP contribution >= 0.6 is 0 Å². The smallest absolute Gasteiger partial charge is 0.257 e. The molecule has 0 bridgehead atoms. The molecule has 0 aliphatic heterocycles. The Kier molecular flexibility index (Phi) is 5.87. The van der Waals surface area contributed by atoms with Gasteiger partial charge in [0.15, 0.2) is 0 Å². The molecule has 2 aromatic rings. The molecule has 1 heterocycles. The molecular weight excluding hydrogens is 310 g/mol. The van der Waals surface area contributed by atoms with Gasteiger partial charge in [-0.2, -0.15) is 0 Å². The van der Waals surface area contributed by atoms with Crippen molar-refractivity contribution in [1.29, 1.82) is 0 Å². The average Bonchev–Trinajstić information content (AvgIpc) is 2.92. The van der Waals surface area contributed by atoms with Gasteiger partial charge in [0.2, 0.25) is 0 Å². The minimum absolute atomic E-state index is 0.131. The summed E-state index contributed by atoms with van der Waals surface area (Å²) in [5.41, 5.74) is 1.30. The van der Waals surface area contributed by atoms with E-state index in [1.54, 1.807) is 51.2 Å². The number of ether oxygens (including phenoxy) is 2. The molecule has 1 amide bonds. The number of hydrogen-bond donors (Lipinski definition) is 1. The van der Waals surface area contributed by atoms with E-state index in [-0.39, 0.29) is 19.1 Å². The van der Waals surface area contributed by atoms with Gasteiger partial charge in [-0.1, -0.05) is 0 Å². The Bertz CT molecular complexity index is 707. The van der Waals surface area contributed by atoms with E-state index >= 15 is 0 Å². The highest BCUT2D eigenvalue weighted by Gasteiger charge is 2.21. The number of amides is 1. The van der Waals surface area contributed by atoms with E-state index < -0.39 is 0 Å². The van der Waals surface area contributed by atoms with Gasteiger partial charge in [-0.05, 0) is 38.1 Å². The van der Waals surface area contributed by atoms with Crippen molar-refractivity contribution in [2.24, 2.45) is 0 Å². The van der Waals surface area contributed by atoms with Crippen LogP contribution in [0.25, 0.3) is 0 Å².